The van der Waals surface area contributed by atoms with Crippen LogP contribution in [0.3, 0.4) is 0 Å². The van der Waals surface area contributed by atoms with Crippen molar-refractivity contribution in [2.45, 2.75) is 24.0 Å². The number of carbonyl (C=O) groups is 1. The van der Waals surface area contributed by atoms with E-state index in [1.165, 1.54) is 32.3 Å². The van der Waals surface area contributed by atoms with Crippen molar-refractivity contribution in [1.82, 2.24) is 9.21 Å². The van der Waals surface area contributed by atoms with E-state index in [0.717, 1.165) is 15.9 Å². The van der Waals surface area contributed by atoms with E-state index >= 15 is 0 Å². The maximum Gasteiger partial charge on any atom is 0.404 e. The Morgan fingerprint density at radius 2 is 1.81 bits per heavy atom. The summed E-state index contributed by atoms with van der Waals surface area (Å²) < 4.78 is 67.8. The molecule has 1 saturated heterocycles. The smallest absolute Gasteiger partial charge is 0.325 e. The lowest BCUT2D eigenvalue weighted by atomic mass is 9.85. The van der Waals surface area contributed by atoms with Gasteiger partial charge in [0.2, 0.25) is 15.9 Å². The summed E-state index contributed by atoms with van der Waals surface area (Å²) in [5, 5.41) is 2.30. The average molecular weight is 456 g/mol. The molecule has 1 unspecified atom stereocenters. The predicted molar refractivity (Wildman–Crippen MR) is 111 cm³/mol. The number of rotatable bonds is 6. The van der Waals surface area contributed by atoms with Gasteiger partial charge in [0.1, 0.15) is 0 Å². The van der Waals surface area contributed by atoms with E-state index in [0.29, 0.717) is 6.54 Å². The predicted octanol–water partition coefficient (Wildman–Crippen LogP) is 3.33. The highest BCUT2D eigenvalue weighted by atomic mass is 32.2. The molecule has 168 valence electrons. The van der Waals surface area contributed by atoms with Crippen LogP contribution >= 0.6 is 0 Å². The van der Waals surface area contributed by atoms with Gasteiger partial charge in [-0.1, -0.05) is 36.4 Å². The molecule has 0 aromatic heterocycles. The first-order valence-electron chi connectivity index (χ1n) is 9.63. The van der Waals surface area contributed by atoms with Gasteiger partial charge in [-0.2, -0.15) is 13.2 Å². The first-order valence-corrected chi connectivity index (χ1v) is 11.1. The van der Waals surface area contributed by atoms with E-state index in [1.807, 2.05) is 30.3 Å². The molecule has 1 aliphatic heterocycles. The molecule has 0 spiro atoms. The number of nitrogens with zero attached hydrogens (tertiary/aromatic N) is 2. The zero-order valence-corrected chi connectivity index (χ0v) is 18.0. The summed E-state index contributed by atoms with van der Waals surface area (Å²) in [5.41, 5.74) is -1.71. The lowest BCUT2D eigenvalue weighted by Crippen LogP contribution is -2.49. The van der Waals surface area contributed by atoms with Crippen LogP contribution in [0.5, 0.6) is 0 Å². The quantitative estimate of drug-likeness (QED) is 0.726. The van der Waals surface area contributed by atoms with Gasteiger partial charge in [-0.3, -0.25) is 9.69 Å². The summed E-state index contributed by atoms with van der Waals surface area (Å²) >= 11 is 0. The number of hydrogen-bond acceptors (Lipinski definition) is 4. The highest BCUT2D eigenvalue weighted by Crippen LogP contribution is 2.46. The first kappa shape index (κ1) is 23.2. The van der Waals surface area contributed by atoms with E-state index < -0.39 is 34.1 Å². The number of likely N-dealkylation sites (tertiary alicyclic amines) is 1. The summed E-state index contributed by atoms with van der Waals surface area (Å²) in [4.78, 5) is 14.3. The minimum atomic E-state index is -4.75. The van der Waals surface area contributed by atoms with Crippen LogP contribution in [0.4, 0.5) is 18.9 Å². The highest BCUT2D eigenvalue weighted by Gasteiger charge is 2.63. The molecule has 10 heteroatoms. The molecule has 1 heterocycles. The second-order valence-corrected chi connectivity index (χ2v) is 9.95. The van der Waals surface area contributed by atoms with Gasteiger partial charge >= 0.3 is 6.18 Å². The van der Waals surface area contributed by atoms with E-state index in [-0.39, 0.29) is 23.5 Å². The van der Waals surface area contributed by atoms with Crippen LogP contribution in [0.2, 0.25) is 0 Å². The van der Waals surface area contributed by atoms with Crippen LogP contribution in [0.1, 0.15) is 12.0 Å². The summed E-state index contributed by atoms with van der Waals surface area (Å²) in [6.07, 6.45) is -5.12. The van der Waals surface area contributed by atoms with Crippen LogP contribution in [0.25, 0.3) is 0 Å². The summed E-state index contributed by atoms with van der Waals surface area (Å²) in [6.45, 7) is -0.0354. The molecule has 31 heavy (non-hydrogen) atoms. The van der Waals surface area contributed by atoms with Crippen molar-refractivity contribution < 1.29 is 26.4 Å². The minimum Gasteiger partial charge on any atom is -0.325 e. The summed E-state index contributed by atoms with van der Waals surface area (Å²) in [6, 6.07) is 14.3. The third-order valence-electron chi connectivity index (χ3n) is 5.45. The molecular weight excluding hydrogens is 431 g/mol. The Bertz CT molecular complexity index is 1040. The fourth-order valence-corrected chi connectivity index (χ4v) is 4.55. The first-order chi connectivity index (χ1) is 14.5. The third-order valence-corrected chi connectivity index (χ3v) is 7.26. The van der Waals surface area contributed by atoms with Crippen LogP contribution in [0, 0.1) is 5.41 Å². The molecule has 2 aromatic rings. The van der Waals surface area contributed by atoms with E-state index in [4.69, 9.17) is 0 Å². The Morgan fingerprint density at radius 3 is 2.42 bits per heavy atom. The molecule has 3 rings (SSSR count). The number of halogens is 3. The zero-order valence-electron chi connectivity index (χ0n) is 17.2. The largest absolute Gasteiger partial charge is 0.404 e. The molecule has 1 amide bonds. The average Bonchev–Trinajstić information content (AvgIpc) is 3.14. The number of sulfonamides is 1. The van der Waals surface area contributed by atoms with Gasteiger partial charge in [-0.25, -0.2) is 12.7 Å². The summed E-state index contributed by atoms with van der Waals surface area (Å²) in [5.74, 6) is -1.19. The normalized spacial score (nSPS) is 20.2. The van der Waals surface area contributed by atoms with E-state index in [9.17, 15) is 26.4 Å². The van der Waals surface area contributed by atoms with Gasteiger partial charge in [0.05, 0.1) is 4.90 Å². The molecule has 1 aliphatic rings. The SMILES string of the molecule is CN(C)S(=O)(=O)c1cccc(NC(=O)C2(C(F)(F)F)CCN(Cc3ccccc3)C2)c1. The molecule has 0 saturated carbocycles. The number of hydrogen-bond donors (Lipinski definition) is 1. The lowest BCUT2D eigenvalue weighted by Gasteiger charge is -2.30. The Morgan fingerprint density at radius 1 is 1.13 bits per heavy atom. The number of alkyl halides is 3. The fraction of sp³-hybridized carbons (Fsp3) is 0.381. The zero-order chi connectivity index (χ0) is 22.9. The number of amides is 1. The molecule has 0 bridgehead atoms. The molecule has 1 fully saturated rings. The van der Waals surface area contributed by atoms with Crippen molar-refractivity contribution in [3.8, 4) is 0 Å². The lowest BCUT2D eigenvalue weighted by molar-refractivity contribution is -0.215. The Kier molecular flexibility index (Phi) is 6.45. The summed E-state index contributed by atoms with van der Waals surface area (Å²) in [7, 11) is -1.10. The molecule has 2 aromatic carbocycles. The second-order valence-electron chi connectivity index (χ2n) is 7.80. The number of anilines is 1. The van der Waals surface area contributed by atoms with E-state index in [2.05, 4.69) is 5.32 Å². The van der Waals surface area contributed by atoms with Crippen molar-refractivity contribution >= 4 is 21.6 Å². The third kappa shape index (κ3) is 4.76. The number of benzene rings is 2. The van der Waals surface area contributed by atoms with Crippen LogP contribution in [0.15, 0.2) is 59.5 Å². The second kappa shape index (κ2) is 8.60. The Hall–Kier alpha value is -2.43. The highest BCUT2D eigenvalue weighted by molar-refractivity contribution is 7.89. The van der Waals surface area contributed by atoms with Crippen LogP contribution in [-0.2, 0) is 21.4 Å². The molecule has 6 nitrogen and oxygen atoms in total. The van der Waals surface area contributed by atoms with Gasteiger partial charge in [0.15, 0.2) is 5.41 Å². The molecular formula is C21H24F3N3O3S. The molecule has 1 atom stereocenters. The fourth-order valence-electron chi connectivity index (χ4n) is 3.61. The van der Waals surface area contributed by atoms with Gasteiger partial charge in [-0.15, -0.1) is 0 Å². The monoisotopic (exact) mass is 455 g/mol. The maximum atomic E-state index is 14.1. The number of carbonyl (C=O) groups excluding carboxylic acids is 1. The minimum absolute atomic E-state index is 0.00180. The van der Waals surface area contributed by atoms with Crippen molar-refractivity contribution in [3.63, 3.8) is 0 Å². The topological polar surface area (TPSA) is 69.7 Å². The van der Waals surface area contributed by atoms with Crippen molar-refractivity contribution in [3.05, 3.63) is 60.2 Å². The van der Waals surface area contributed by atoms with Gasteiger partial charge < -0.3 is 5.32 Å². The Labute approximate surface area is 179 Å². The van der Waals surface area contributed by atoms with Crippen molar-refractivity contribution in [2.24, 2.45) is 5.41 Å². The van der Waals surface area contributed by atoms with Crippen molar-refractivity contribution in [1.29, 1.82) is 0 Å². The van der Waals surface area contributed by atoms with Crippen molar-refractivity contribution in [2.75, 3.05) is 32.5 Å². The number of nitrogens with one attached hydrogen (secondary N) is 1. The molecule has 0 radical (unpaired) electrons. The maximum absolute atomic E-state index is 14.1. The van der Waals surface area contributed by atoms with E-state index in [1.54, 1.807) is 4.90 Å². The van der Waals surface area contributed by atoms with Gasteiger partial charge in [0, 0.05) is 32.9 Å². The van der Waals surface area contributed by atoms with Crippen LogP contribution < -0.4 is 5.32 Å². The Balaban J connectivity index is 1.82. The van der Waals surface area contributed by atoms with Crippen LogP contribution in [-0.4, -0.2) is 56.9 Å². The molecule has 0 aliphatic carbocycles. The molecule has 1 N–H and O–H groups in total. The van der Waals surface area contributed by atoms with Gasteiger partial charge in [-0.05, 0) is 36.7 Å². The standard InChI is InChI=1S/C21H24F3N3O3S/c1-26(2)31(29,30)18-10-6-9-17(13-18)25-19(28)20(21(22,23)24)11-12-27(15-20)14-16-7-4-3-5-8-16/h3-10,13H,11-12,14-15H2,1-2H3,(H,25,28). The van der Waals surface area contributed by atoms with Gasteiger partial charge in [0.25, 0.3) is 0 Å².